The maximum absolute atomic E-state index is 11.0. The fourth-order valence-electron chi connectivity index (χ4n) is 2.31. The quantitative estimate of drug-likeness (QED) is 0.766. The minimum absolute atomic E-state index is 0.218. The third kappa shape index (κ3) is 3.76. The lowest BCUT2D eigenvalue weighted by Crippen LogP contribution is -2.44. The molecular weight excluding hydrogens is 204 g/mol. The summed E-state index contributed by atoms with van der Waals surface area (Å²) in [7, 11) is 4.20. The van der Waals surface area contributed by atoms with Crippen molar-refractivity contribution in [3.63, 3.8) is 0 Å². The van der Waals surface area contributed by atoms with Crippen LogP contribution in [-0.2, 0) is 4.79 Å². The molecule has 1 aliphatic heterocycles. The summed E-state index contributed by atoms with van der Waals surface area (Å²) >= 11 is 0. The van der Waals surface area contributed by atoms with Crippen LogP contribution in [0.2, 0.25) is 0 Å². The van der Waals surface area contributed by atoms with E-state index in [1.54, 1.807) is 0 Å². The molecule has 1 saturated heterocycles. The third-order valence-corrected chi connectivity index (χ3v) is 3.66. The zero-order valence-electron chi connectivity index (χ0n) is 10.6. The first-order chi connectivity index (χ1) is 7.54. The largest absolute Gasteiger partial charge is 0.481 e. The average molecular weight is 228 g/mol. The van der Waals surface area contributed by atoms with Gasteiger partial charge in [-0.05, 0) is 46.4 Å². The van der Waals surface area contributed by atoms with Crippen molar-refractivity contribution in [2.24, 2.45) is 5.92 Å². The Kier molecular flexibility index (Phi) is 5.22. The molecule has 0 spiro atoms. The first kappa shape index (κ1) is 13.5. The lowest BCUT2D eigenvalue weighted by Gasteiger charge is -2.36. The Bertz CT molecular complexity index is 225. The molecule has 1 unspecified atom stereocenters. The molecule has 4 heteroatoms. The number of hydrogen-bond donors (Lipinski definition) is 1. The van der Waals surface area contributed by atoms with Gasteiger partial charge in [-0.3, -0.25) is 4.79 Å². The van der Waals surface area contributed by atoms with Crippen molar-refractivity contribution >= 4 is 5.97 Å². The van der Waals surface area contributed by atoms with E-state index in [4.69, 9.17) is 5.11 Å². The topological polar surface area (TPSA) is 43.8 Å². The standard InChI is InChI=1S/C12H24N2O2/c1-4-10(12(15)16)9-14(3)11-5-7-13(2)8-6-11/h10-11H,4-9H2,1-3H3,(H,15,16). The predicted molar refractivity (Wildman–Crippen MR) is 64.6 cm³/mol. The number of aliphatic carboxylic acids is 1. The van der Waals surface area contributed by atoms with E-state index in [0.717, 1.165) is 25.9 Å². The Morgan fingerprint density at radius 1 is 1.50 bits per heavy atom. The van der Waals surface area contributed by atoms with Crippen LogP contribution in [0.1, 0.15) is 26.2 Å². The molecule has 0 bridgehead atoms. The van der Waals surface area contributed by atoms with Crippen LogP contribution in [0.25, 0.3) is 0 Å². The summed E-state index contributed by atoms with van der Waals surface area (Å²) in [6, 6.07) is 0.560. The molecule has 0 aromatic carbocycles. The Hall–Kier alpha value is -0.610. The summed E-state index contributed by atoms with van der Waals surface area (Å²) in [6.07, 6.45) is 3.03. The summed E-state index contributed by atoms with van der Waals surface area (Å²) in [5.41, 5.74) is 0. The number of nitrogens with zero attached hydrogens (tertiary/aromatic N) is 2. The molecule has 0 aromatic heterocycles. The van der Waals surface area contributed by atoms with E-state index in [2.05, 4.69) is 23.9 Å². The fourth-order valence-corrected chi connectivity index (χ4v) is 2.31. The Labute approximate surface area is 98.2 Å². The summed E-state index contributed by atoms with van der Waals surface area (Å²) in [5.74, 6) is -0.882. The fraction of sp³-hybridized carbons (Fsp3) is 0.917. The molecule has 0 aromatic rings. The van der Waals surface area contributed by atoms with Crippen molar-refractivity contribution in [3.8, 4) is 0 Å². The molecule has 1 N–H and O–H groups in total. The molecule has 16 heavy (non-hydrogen) atoms. The van der Waals surface area contributed by atoms with Gasteiger partial charge in [0.2, 0.25) is 0 Å². The monoisotopic (exact) mass is 228 g/mol. The van der Waals surface area contributed by atoms with Crippen molar-refractivity contribution in [1.29, 1.82) is 0 Å². The molecule has 1 rings (SSSR count). The molecule has 1 fully saturated rings. The second-order valence-electron chi connectivity index (χ2n) is 4.92. The molecule has 1 heterocycles. The van der Waals surface area contributed by atoms with Crippen molar-refractivity contribution in [2.75, 3.05) is 33.7 Å². The van der Waals surface area contributed by atoms with Crippen LogP contribution in [0.15, 0.2) is 0 Å². The molecule has 94 valence electrons. The Balaban J connectivity index is 2.39. The summed E-state index contributed by atoms with van der Waals surface area (Å²) < 4.78 is 0. The molecule has 1 atom stereocenters. The molecular formula is C12H24N2O2. The predicted octanol–water partition coefficient (Wildman–Crippen LogP) is 1.12. The molecule has 4 nitrogen and oxygen atoms in total. The van der Waals surface area contributed by atoms with E-state index in [1.165, 1.54) is 0 Å². The van der Waals surface area contributed by atoms with Crippen LogP contribution in [0.5, 0.6) is 0 Å². The van der Waals surface area contributed by atoms with Gasteiger partial charge in [-0.2, -0.15) is 0 Å². The first-order valence-corrected chi connectivity index (χ1v) is 6.16. The second-order valence-corrected chi connectivity index (χ2v) is 4.92. The number of likely N-dealkylation sites (tertiary alicyclic amines) is 1. The van der Waals surface area contributed by atoms with Crippen molar-refractivity contribution in [3.05, 3.63) is 0 Å². The van der Waals surface area contributed by atoms with Crippen LogP contribution >= 0.6 is 0 Å². The highest BCUT2D eigenvalue weighted by Crippen LogP contribution is 2.16. The van der Waals surface area contributed by atoms with Gasteiger partial charge < -0.3 is 14.9 Å². The minimum Gasteiger partial charge on any atom is -0.481 e. The highest BCUT2D eigenvalue weighted by molar-refractivity contribution is 5.70. The smallest absolute Gasteiger partial charge is 0.307 e. The van der Waals surface area contributed by atoms with Crippen molar-refractivity contribution in [1.82, 2.24) is 9.80 Å². The molecule has 0 aliphatic carbocycles. The van der Waals surface area contributed by atoms with Gasteiger partial charge in [0.05, 0.1) is 5.92 Å². The Morgan fingerprint density at radius 3 is 2.50 bits per heavy atom. The van der Waals surface area contributed by atoms with Gasteiger partial charge in [-0.25, -0.2) is 0 Å². The van der Waals surface area contributed by atoms with Gasteiger partial charge >= 0.3 is 5.97 Å². The summed E-state index contributed by atoms with van der Waals surface area (Å²) in [6.45, 7) is 4.87. The van der Waals surface area contributed by atoms with Crippen molar-refractivity contribution in [2.45, 2.75) is 32.2 Å². The Morgan fingerprint density at radius 2 is 2.06 bits per heavy atom. The van der Waals surface area contributed by atoms with Crippen LogP contribution in [-0.4, -0.2) is 60.6 Å². The molecule has 0 saturated carbocycles. The van der Waals surface area contributed by atoms with Gasteiger partial charge in [0.15, 0.2) is 0 Å². The molecule has 0 amide bonds. The van der Waals surface area contributed by atoms with E-state index in [9.17, 15) is 4.79 Å². The van der Waals surface area contributed by atoms with E-state index in [0.29, 0.717) is 19.0 Å². The van der Waals surface area contributed by atoms with E-state index < -0.39 is 5.97 Å². The lowest BCUT2D eigenvalue weighted by molar-refractivity contribution is -0.142. The number of rotatable bonds is 5. The zero-order chi connectivity index (χ0) is 12.1. The molecule has 1 aliphatic rings. The molecule has 0 radical (unpaired) electrons. The van der Waals surface area contributed by atoms with Gasteiger partial charge in [0, 0.05) is 12.6 Å². The van der Waals surface area contributed by atoms with E-state index in [1.807, 2.05) is 6.92 Å². The van der Waals surface area contributed by atoms with Crippen molar-refractivity contribution < 1.29 is 9.90 Å². The summed E-state index contributed by atoms with van der Waals surface area (Å²) in [5, 5.41) is 9.03. The lowest BCUT2D eigenvalue weighted by atomic mass is 10.0. The SMILES string of the molecule is CCC(CN(C)C1CCN(C)CC1)C(=O)O. The third-order valence-electron chi connectivity index (χ3n) is 3.66. The van der Waals surface area contributed by atoms with Crippen LogP contribution in [0.4, 0.5) is 0 Å². The average Bonchev–Trinajstić information content (AvgIpc) is 2.26. The van der Waals surface area contributed by atoms with E-state index in [-0.39, 0.29) is 5.92 Å². The van der Waals surface area contributed by atoms with Gasteiger partial charge in [0.1, 0.15) is 0 Å². The maximum atomic E-state index is 11.0. The number of hydrogen-bond acceptors (Lipinski definition) is 3. The normalized spacial score (nSPS) is 21.2. The van der Waals surface area contributed by atoms with E-state index >= 15 is 0 Å². The van der Waals surface area contributed by atoms with Crippen LogP contribution < -0.4 is 0 Å². The number of carbonyl (C=O) groups is 1. The minimum atomic E-state index is -0.665. The maximum Gasteiger partial charge on any atom is 0.307 e. The number of carboxylic acid groups (broad SMARTS) is 1. The highest BCUT2D eigenvalue weighted by Gasteiger charge is 2.24. The van der Waals surface area contributed by atoms with Gasteiger partial charge in [-0.1, -0.05) is 6.92 Å². The van der Waals surface area contributed by atoms with Gasteiger partial charge in [0.25, 0.3) is 0 Å². The second kappa shape index (κ2) is 6.21. The number of piperidine rings is 1. The zero-order valence-corrected chi connectivity index (χ0v) is 10.6. The van der Waals surface area contributed by atoms with Crippen LogP contribution in [0, 0.1) is 5.92 Å². The number of carboxylic acids is 1. The summed E-state index contributed by atoms with van der Waals surface area (Å²) in [4.78, 5) is 15.5. The van der Waals surface area contributed by atoms with Crippen LogP contribution in [0.3, 0.4) is 0 Å². The first-order valence-electron chi connectivity index (χ1n) is 6.16. The van der Waals surface area contributed by atoms with Gasteiger partial charge in [-0.15, -0.1) is 0 Å². The highest BCUT2D eigenvalue weighted by atomic mass is 16.4.